The van der Waals surface area contributed by atoms with Gasteiger partial charge in [-0.25, -0.2) is 0 Å². The maximum absolute atomic E-state index is 12.5. The number of carbonyl (C=O) groups is 1. The van der Waals surface area contributed by atoms with Crippen molar-refractivity contribution in [2.24, 2.45) is 0 Å². The first kappa shape index (κ1) is 18.1. The lowest BCUT2D eigenvalue weighted by atomic mass is 10.2. The van der Waals surface area contributed by atoms with Crippen LogP contribution in [0.2, 0.25) is 10.0 Å². The maximum atomic E-state index is 12.5. The van der Waals surface area contributed by atoms with E-state index in [1.54, 1.807) is 43.5 Å². The highest BCUT2D eigenvalue weighted by Gasteiger charge is 2.14. The molecule has 2 aromatic carbocycles. The Morgan fingerprint density at radius 3 is 2.48 bits per heavy atom. The summed E-state index contributed by atoms with van der Waals surface area (Å²) in [5, 5.41) is 3.64. The molecule has 2 rings (SSSR count). The van der Waals surface area contributed by atoms with Crippen LogP contribution in [-0.4, -0.2) is 26.2 Å². The summed E-state index contributed by atoms with van der Waals surface area (Å²) in [5.74, 6) is 0.146. The van der Waals surface area contributed by atoms with Gasteiger partial charge >= 0.3 is 0 Å². The van der Waals surface area contributed by atoms with Gasteiger partial charge in [0, 0.05) is 27.3 Å². The molecule has 0 spiro atoms. The molecule has 0 saturated heterocycles. The maximum Gasteiger partial charge on any atom is 0.259 e. The van der Waals surface area contributed by atoms with Crippen molar-refractivity contribution in [3.05, 3.63) is 56.5 Å². The number of rotatable bonds is 6. The monoisotopic (exact) mass is 417 g/mol. The molecule has 0 bridgehead atoms. The fraction of sp³-hybridized carbons (Fsp3) is 0.188. The van der Waals surface area contributed by atoms with E-state index < -0.39 is 0 Å². The van der Waals surface area contributed by atoms with Gasteiger partial charge in [-0.05, 0) is 36.4 Å². The summed E-state index contributed by atoms with van der Waals surface area (Å²) >= 11 is 15.2. The molecule has 1 N–H and O–H groups in total. The predicted octanol–water partition coefficient (Wildman–Crippen LogP) is 5.03. The van der Waals surface area contributed by atoms with Gasteiger partial charge in [0.15, 0.2) is 0 Å². The van der Waals surface area contributed by atoms with Crippen molar-refractivity contribution in [3.63, 3.8) is 0 Å². The molecule has 0 saturated carbocycles. The van der Waals surface area contributed by atoms with Crippen molar-refractivity contribution >= 4 is 50.7 Å². The zero-order valence-electron chi connectivity index (χ0n) is 12.2. The molecule has 1 amide bonds. The first-order chi connectivity index (χ1) is 11.0. The molecular formula is C16H14BrCl2NO3. The third kappa shape index (κ3) is 5.39. The van der Waals surface area contributed by atoms with E-state index in [-0.39, 0.29) is 5.91 Å². The zero-order chi connectivity index (χ0) is 16.8. The van der Waals surface area contributed by atoms with E-state index in [2.05, 4.69) is 21.2 Å². The molecule has 0 atom stereocenters. The fourth-order valence-corrected chi connectivity index (χ4v) is 2.75. The number of methoxy groups -OCH3 is 1. The molecular weight excluding hydrogens is 405 g/mol. The van der Waals surface area contributed by atoms with Crippen LogP contribution in [0.25, 0.3) is 0 Å². The van der Waals surface area contributed by atoms with Gasteiger partial charge in [0.2, 0.25) is 0 Å². The van der Waals surface area contributed by atoms with E-state index in [9.17, 15) is 4.79 Å². The molecule has 2 aromatic rings. The van der Waals surface area contributed by atoms with Crippen LogP contribution in [0.15, 0.2) is 40.9 Å². The molecule has 0 fully saturated rings. The highest BCUT2D eigenvalue weighted by molar-refractivity contribution is 9.10. The van der Waals surface area contributed by atoms with Crippen LogP contribution in [0.5, 0.6) is 5.75 Å². The summed E-state index contributed by atoms with van der Waals surface area (Å²) < 4.78 is 11.3. The molecule has 0 aromatic heterocycles. The third-order valence-electron chi connectivity index (χ3n) is 2.85. The third-order valence-corrected chi connectivity index (χ3v) is 3.78. The quantitative estimate of drug-likeness (QED) is 0.669. The van der Waals surface area contributed by atoms with Gasteiger partial charge in [0.05, 0.1) is 12.2 Å². The smallest absolute Gasteiger partial charge is 0.259 e. The van der Waals surface area contributed by atoms with Crippen molar-refractivity contribution < 1.29 is 14.3 Å². The number of anilines is 1. The molecule has 0 heterocycles. The average molecular weight is 419 g/mol. The lowest BCUT2D eigenvalue weighted by Crippen LogP contribution is -2.15. The van der Waals surface area contributed by atoms with Crippen LogP contribution < -0.4 is 10.1 Å². The van der Waals surface area contributed by atoms with Gasteiger partial charge in [-0.3, -0.25) is 4.79 Å². The second kappa shape index (κ2) is 8.55. The number of carbonyl (C=O) groups excluding carboxylic acids is 1. The van der Waals surface area contributed by atoms with Crippen molar-refractivity contribution in [2.45, 2.75) is 0 Å². The van der Waals surface area contributed by atoms with E-state index in [0.717, 1.165) is 4.47 Å². The van der Waals surface area contributed by atoms with Gasteiger partial charge in [-0.1, -0.05) is 39.1 Å². The van der Waals surface area contributed by atoms with Crippen LogP contribution >= 0.6 is 39.1 Å². The minimum absolute atomic E-state index is 0.322. The van der Waals surface area contributed by atoms with E-state index in [1.807, 2.05) is 0 Å². The average Bonchev–Trinajstić information content (AvgIpc) is 2.47. The zero-order valence-corrected chi connectivity index (χ0v) is 15.3. The molecule has 0 aliphatic heterocycles. The van der Waals surface area contributed by atoms with Crippen LogP contribution in [0.1, 0.15) is 10.4 Å². The molecule has 0 radical (unpaired) electrons. The minimum atomic E-state index is -0.322. The fourth-order valence-electron chi connectivity index (χ4n) is 1.86. The van der Waals surface area contributed by atoms with Crippen LogP contribution in [0, 0.1) is 0 Å². The van der Waals surface area contributed by atoms with E-state index in [0.29, 0.717) is 40.3 Å². The normalized spacial score (nSPS) is 10.4. The number of amides is 1. The molecule has 0 aliphatic rings. The Morgan fingerprint density at radius 1 is 1.13 bits per heavy atom. The molecule has 0 unspecified atom stereocenters. The topological polar surface area (TPSA) is 47.6 Å². The number of benzene rings is 2. The van der Waals surface area contributed by atoms with Gasteiger partial charge in [-0.15, -0.1) is 0 Å². The van der Waals surface area contributed by atoms with Gasteiger partial charge in [0.1, 0.15) is 12.4 Å². The summed E-state index contributed by atoms with van der Waals surface area (Å²) in [5.41, 5.74) is 0.905. The number of ether oxygens (including phenoxy) is 2. The van der Waals surface area contributed by atoms with E-state index in [4.69, 9.17) is 32.7 Å². The van der Waals surface area contributed by atoms with Gasteiger partial charge < -0.3 is 14.8 Å². The second-order valence-electron chi connectivity index (χ2n) is 4.59. The van der Waals surface area contributed by atoms with Gasteiger partial charge in [-0.2, -0.15) is 0 Å². The lowest BCUT2D eigenvalue weighted by molar-refractivity contribution is 0.101. The van der Waals surface area contributed by atoms with Crippen molar-refractivity contribution in [1.29, 1.82) is 0 Å². The Balaban J connectivity index is 2.21. The molecule has 7 heteroatoms. The Morgan fingerprint density at radius 2 is 1.83 bits per heavy atom. The van der Waals surface area contributed by atoms with Crippen molar-refractivity contribution in [2.75, 3.05) is 25.6 Å². The summed E-state index contributed by atoms with van der Waals surface area (Å²) in [6.45, 7) is 0.780. The van der Waals surface area contributed by atoms with Crippen LogP contribution in [-0.2, 0) is 4.74 Å². The number of halogens is 3. The van der Waals surface area contributed by atoms with E-state index in [1.165, 1.54) is 0 Å². The Hall–Kier alpha value is -1.27. The largest absolute Gasteiger partial charge is 0.490 e. The standard InChI is InChI=1S/C16H14BrCl2NO3/c1-22-4-5-23-15-3-2-10(17)6-14(15)16(21)20-13-8-11(18)7-12(19)9-13/h2-3,6-9H,4-5H2,1H3,(H,20,21). The summed E-state index contributed by atoms with van der Waals surface area (Å²) in [6, 6.07) is 10.0. The Labute approximate surface area is 152 Å². The summed E-state index contributed by atoms with van der Waals surface area (Å²) in [7, 11) is 1.58. The van der Waals surface area contributed by atoms with Crippen LogP contribution in [0.4, 0.5) is 5.69 Å². The minimum Gasteiger partial charge on any atom is -0.490 e. The van der Waals surface area contributed by atoms with Gasteiger partial charge in [0.25, 0.3) is 5.91 Å². The molecule has 23 heavy (non-hydrogen) atoms. The highest BCUT2D eigenvalue weighted by atomic mass is 79.9. The lowest BCUT2D eigenvalue weighted by Gasteiger charge is -2.12. The first-order valence-electron chi connectivity index (χ1n) is 6.68. The van der Waals surface area contributed by atoms with Crippen LogP contribution in [0.3, 0.4) is 0 Å². The molecule has 0 aliphatic carbocycles. The van der Waals surface area contributed by atoms with Crippen molar-refractivity contribution in [3.8, 4) is 5.75 Å². The molecule has 122 valence electrons. The van der Waals surface area contributed by atoms with E-state index >= 15 is 0 Å². The number of hydrogen-bond donors (Lipinski definition) is 1. The summed E-state index contributed by atoms with van der Waals surface area (Å²) in [6.07, 6.45) is 0. The second-order valence-corrected chi connectivity index (χ2v) is 6.38. The highest BCUT2D eigenvalue weighted by Crippen LogP contribution is 2.26. The van der Waals surface area contributed by atoms with Crippen molar-refractivity contribution in [1.82, 2.24) is 0 Å². The SMILES string of the molecule is COCCOc1ccc(Br)cc1C(=O)Nc1cc(Cl)cc(Cl)c1. The Bertz CT molecular complexity index is 689. The Kier molecular flexibility index (Phi) is 6.72. The predicted molar refractivity (Wildman–Crippen MR) is 95.9 cm³/mol. The molecule has 4 nitrogen and oxygen atoms in total. The first-order valence-corrected chi connectivity index (χ1v) is 8.23. The number of hydrogen-bond acceptors (Lipinski definition) is 3. The summed E-state index contributed by atoms with van der Waals surface area (Å²) in [4.78, 5) is 12.5. The number of nitrogens with one attached hydrogen (secondary N) is 1.